The Morgan fingerprint density at radius 1 is 1.32 bits per heavy atom. The lowest BCUT2D eigenvalue weighted by molar-refractivity contribution is -0.137. The molecule has 1 unspecified atom stereocenters. The Labute approximate surface area is 131 Å². The Hall–Kier alpha value is -1.82. The first-order chi connectivity index (χ1) is 10.4. The van der Waals surface area contributed by atoms with Gasteiger partial charge in [-0.2, -0.15) is 24.5 Å². The zero-order valence-corrected chi connectivity index (χ0v) is 12.8. The normalized spacial score (nSPS) is 12.9. The van der Waals surface area contributed by atoms with E-state index in [1.165, 1.54) is 6.07 Å². The van der Waals surface area contributed by atoms with Crippen molar-refractivity contribution in [3.05, 3.63) is 57.8 Å². The molecule has 6 heteroatoms. The van der Waals surface area contributed by atoms with Crippen LogP contribution in [0.2, 0.25) is 0 Å². The van der Waals surface area contributed by atoms with Gasteiger partial charge in [0, 0.05) is 6.42 Å². The van der Waals surface area contributed by atoms with Crippen LogP contribution < -0.4 is 5.32 Å². The number of thiophene rings is 1. The van der Waals surface area contributed by atoms with Gasteiger partial charge < -0.3 is 5.32 Å². The zero-order chi connectivity index (χ0) is 16.2. The predicted octanol–water partition coefficient (Wildman–Crippen LogP) is 4.58. The summed E-state index contributed by atoms with van der Waals surface area (Å²) in [6.07, 6.45) is -3.43. The molecule has 1 N–H and O–H groups in total. The van der Waals surface area contributed by atoms with Gasteiger partial charge in [0.15, 0.2) is 0 Å². The lowest BCUT2D eigenvalue weighted by atomic mass is 10.0. The Kier molecular flexibility index (Phi) is 5.24. The van der Waals surface area contributed by atoms with Gasteiger partial charge in [-0.25, -0.2) is 0 Å². The number of nitrogens with one attached hydrogen (secondary N) is 1. The van der Waals surface area contributed by atoms with Gasteiger partial charge in [-0.1, -0.05) is 12.1 Å². The van der Waals surface area contributed by atoms with E-state index in [4.69, 9.17) is 0 Å². The number of rotatable bonds is 5. The van der Waals surface area contributed by atoms with Crippen LogP contribution in [0.15, 0.2) is 41.1 Å². The molecule has 22 heavy (non-hydrogen) atoms. The molecule has 118 valence electrons. The van der Waals surface area contributed by atoms with Crippen LogP contribution in [0, 0.1) is 0 Å². The van der Waals surface area contributed by atoms with Crippen molar-refractivity contribution in [1.29, 1.82) is 0 Å². The molecule has 0 aliphatic heterocycles. The molecule has 1 aromatic heterocycles. The third kappa shape index (κ3) is 4.59. The summed E-state index contributed by atoms with van der Waals surface area (Å²) < 4.78 is 38.1. The highest BCUT2D eigenvalue weighted by molar-refractivity contribution is 7.07. The highest BCUT2D eigenvalue weighted by Gasteiger charge is 2.30. The van der Waals surface area contributed by atoms with E-state index in [9.17, 15) is 18.0 Å². The van der Waals surface area contributed by atoms with Crippen molar-refractivity contribution in [3.63, 3.8) is 0 Å². The molecule has 0 aliphatic rings. The fourth-order valence-corrected chi connectivity index (χ4v) is 2.78. The fourth-order valence-electron chi connectivity index (χ4n) is 2.07. The molecule has 0 radical (unpaired) electrons. The molecule has 0 fully saturated rings. The smallest absolute Gasteiger partial charge is 0.350 e. The maximum Gasteiger partial charge on any atom is 0.416 e. The first-order valence-corrected chi connectivity index (χ1v) is 7.78. The molecule has 1 heterocycles. The van der Waals surface area contributed by atoms with E-state index >= 15 is 0 Å². The summed E-state index contributed by atoms with van der Waals surface area (Å²) in [6, 6.07) is 6.52. The molecule has 0 bridgehead atoms. The van der Waals surface area contributed by atoms with E-state index < -0.39 is 17.8 Å². The number of hydrogen-bond acceptors (Lipinski definition) is 2. The summed E-state index contributed by atoms with van der Waals surface area (Å²) >= 11 is 1.57. The standard InChI is InChI=1S/C16H16F3NOS/c1-11(13-3-2-4-14(9-13)16(17,18)19)20-15(21)6-5-12-7-8-22-10-12/h2-4,7-11H,5-6H2,1H3,(H,20,21). The van der Waals surface area contributed by atoms with Gasteiger partial charge in [-0.3, -0.25) is 4.79 Å². The van der Waals surface area contributed by atoms with Crippen LogP contribution in [0.3, 0.4) is 0 Å². The van der Waals surface area contributed by atoms with E-state index in [2.05, 4.69) is 5.32 Å². The lowest BCUT2D eigenvalue weighted by Gasteiger charge is -2.16. The number of carbonyl (C=O) groups excluding carboxylic acids is 1. The van der Waals surface area contributed by atoms with Crippen LogP contribution in [0.4, 0.5) is 13.2 Å². The summed E-state index contributed by atoms with van der Waals surface area (Å²) in [5.41, 5.74) is 0.829. The van der Waals surface area contributed by atoms with Crippen molar-refractivity contribution in [2.24, 2.45) is 0 Å². The minimum Gasteiger partial charge on any atom is -0.350 e. The molecule has 1 aromatic carbocycles. The minimum absolute atomic E-state index is 0.170. The number of amides is 1. The molecule has 0 saturated carbocycles. The summed E-state index contributed by atoms with van der Waals surface area (Å²) in [7, 11) is 0. The van der Waals surface area contributed by atoms with Crippen LogP contribution in [-0.4, -0.2) is 5.91 Å². The van der Waals surface area contributed by atoms with E-state index in [-0.39, 0.29) is 5.91 Å². The van der Waals surface area contributed by atoms with Crippen LogP contribution in [0.5, 0.6) is 0 Å². The maximum atomic E-state index is 12.7. The van der Waals surface area contributed by atoms with Gasteiger partial charge in [-0.15, -0.1) is 0 Å². The van der Waals surface area contributed by atoms with Crippen LogP contribution in [0.25, 0.3) is 0 Å². The minimum atomic E-state index is -4.38. The maximum absolute atomic E-state index is 12.7. The first-order valence-electron chi connectivity index (χ1n) is 6.84. The summed E-state index contributed by atoms with van der Waals surface area (Å²) in [4.78, 5) is 11.9. The Balaban J connectivity index is 1.94. The number of hydrogen-bond donors (Lipinski definition) is 1. The van der Waals surface area contributed by atoms with Crippen molar-refractivity contribution in [3.8, 4) is 0 Å². The Morgan fingerprint density at radius 2 is 2.09 bits per heavy atom. The first kappa shape index (κ1) is 16.5. The number of halogens is 3. The van der Waals surface area contributed by atoms with Crippen LogP contribution in [0.1, 0.15) is 36.1 Å². The predicted molar refractivity (Wildman–Crippen MR) is 80.6 cm³/mol. The van der Waals surface area contributed by atoms with E-state index in [1.807, 2.05) is 16.8 Å². The summed E-state index contributed by atoms with van der Waals surface area (Å²) in [5.74, 6) is -0.170. The van der Waals surface area contributed by atoms with Crippen molar-refractivity contribution in [2.75, 3.05) is 0 Å². The fraction of sp³-hybridized carbons (Fsp3) is 0.312. The average Bonchev–Trinajstić information content (AvgIpc) is 2.97. The molecular weight excluding hydrogens is 311 g/mol. The largest absolute Gasteiger partial charge is 0.416 e. The Morgan fingerprint density at radius 3 is 2.73 bits per heavy atom. The van der Waals surface area contributed by atoms with Crippen molar-refractivity contribution in [2.45, 2.75) is 32.0 Å². The number of aryl methyl sites for hydroxylation is 1. The molecular formula is C16H16F3NOS. The van der Waals surface area contributed by atoms with E-state index in [1.54, 1.807) is 24.3 Å². The highest BCUT2D eigenvalue weighted by Crippen LogP contribution is 2.30. The second-order valence-corrected chi connectivity index (χ2v) is 5.82. The van der Waals surface area contributed by atoms with Crippen LogP contribution in [-0.2, 0) is 17.4 Å². The molecule has 1 atom stereocenters. The topological polar surface area (TPSA) is 29.1 Å². The summed E-state index contributed by atoms with van der Waals surface area (Å²) in [5, 5.41) is 6.65. The molecule has 0 spiro atoms. The number of benzene rings is 1. The quantitative estimate of drug-likeness (QED) is 0.856. The third-order valence-electron chi connectivity index (χ3n) is 3.31. The zero-order valence-electron chi connectivity index (χ0n) is 12.0. The van der Waals surface area contributed by atoms with Gasteiger partial charge in [0.05, 0.1) is 11.6 Å². The summed E-state index contributed by atoms with van der Waals surface area (Å²) in [6.45, 7) is 1.68. The molecule has 1 amide bonds. The van der Waals surface area contributed by atoms with Gasteiger partial charge in [-0.05, 0) is 53.4 Å². The molecule has 0 saturated heterocycles. The van der Waals surface area contributed by atoms with Crippen molar-refractivity contribution >= 4 is 17.2 Å². The molecule has 2 rings (SSSR count). The number of carbonyl (C=O) groups is 1. The second kappa shape index (κ2) is 6.96. The highest BCUT2D eigenvalue weighted by atomic mass is 32.1. The van der Waals surface area contributed by atoms with Crippen molar-refractivity contribution < 1.29 is 18.0 Å². The van der Waals surface area contributed by atoms with Gasteiger partial charge in [0.1, 0.15) is 0 Å². The van der Waals surface area contributed by atoms with Gasteiger partial charge >= 0.3 is 6.18 Å². The van der Waals surface area contributed by atoms with E-state index in [0.717, 1.165) is 17.7 Å². The molecule has 2 nitrogen and oxygen atoms in total. The van der Waals surface area contributed by atoms with Crippen molar-refractivity contribution in [1.82, 2.24) is 5.32 Å². The molecule has 2 aromatic rings. The average molecular weight is 327 g/mol. The third-order valence-corrected chi connectivity index (χ3v) is 4.04. The van der Waals surface area contributed by atoms with Gasteiger partial charge in [0.25, 0.3) is 0 Å². The molecule has 0 aliphatic carbocycles. The second-order valence-electron chi connectivity index (χ2n) is 5.04. The van der Waals surface area contributed by atoms with Gasteiger partial charge in [0.2, 0.25) is 5.91 Å². The van der Waals surface area contributed by atoms with E-state index in [0.29, 0.717) is 18.4 Å². The number of alkyl halides is 3. The monoisotopic (exact) mass is 327 g/mol. The Bertz CT molecular complexity index is 623. The van der Waals surface area contributed by atoms with Crippen LogP contribution >= 0.6 is 11.3 Å². The lowest BCUT2D eigenvalue weighted by Crippen LogP contribution is -2.27. The SMILES string of the molecule is CC(NC(=O)CCc1ccsc1)c1cccc(C(F)(F)F)c1.